The van der Waals surface area contributed by atoms with Gasteiger partial charge in [0.05, 0.1) is 24.3 Å². The van der Waals surface area contributed by atoms with Crippen LogP contribution >= 0.6 is 0 Å². The first kappa shape index (κ1) is 23.2. The molecule has 3 rings (SSSR count). The molecule has 2 N–H and O–H groups in total. The smallest absolute Gasteiger partial charge is 0.411 e. The number of rotatable bonds is 8. The number of hydrogen-bond acceptors (Lipinski definition) is 6. The third kappa shape index (κ3) is 6.49. The van der Waals surface area contributed by atoms with Crippen LogP contribution in [0.1, 0.15) is 5.56 Å². The van der Waals surface area contributed by atoms with Crippen LogP contribution in [0.25, 0.3) is 0 Å². The summed E-state index contributed by atoms with van der Waals surface area (Å²) in [4.78, 5) is 2.10. The van der Waals surface area contributed by atoms with Crippen LogP contribution in [0.15, 0.2) is 47.4 Å². The zero-order valence-corrected chi connectivity index (χ0v) is 17.7. The number of piperazine rings is 1. The molecule has 11 heteroatoms. The van der Waals surface area contributed by atoms with Crippen LogP contribution in [0, 0.1) is 0 Å². The van der Waals surface area contributed by atoms with E-state index >= 15 is 0 Å². The van der Waals surface area contributed by atoms with Crippen LogP contribution in [0.2, 0.25) is 0 Å². The van der Waals surface area contributed by atoms with Crippen LogP contribution in [0.3, 0.4) is 0 Å². The highest BCUT2D eigenvalue weighted by Gasteiger charge is 2.27. The van der Waals surface area contributed by atoms with Gasteiger partial charge in [-0.1, -0.05) is 12.1 Å². The average molecular weight is 459 g/mol. The predicted molar refractivity (Wildman–Crippen MR) is 111 cm³/mol. The Balaban J connectivity index is 1.77. The summed E-state index contributed by atoms with van der Waals surface area (Å²) in [5.74, 6) is 0.574. The Hall–Kier alpha value is -2.50. The van der Waals surface area contributed by atoms with Crippen molar-refractivity contribution in [2.24, 2.45) is 0 Å². The number of anilines is 2. The molecular formula is C20H24F3N3O4S. The summed E-state index contributed by atoms with van der Waals surface area (Å²) in [6.07, 6.45) is -4.42. The lowest BCUT2D eigenvalue weighted by molar-refractivity contribution is -0.176. The van der Waals surface area contributed by atoms with Gasteiger partial charge in [-0.15, -0.1) is 0 Å². The van der Waals surface area contributed by atoms with E-state index in [0.29, 0.717) is 30.1 Å². The highest BCUT2D eigenvalue weighted by molar-refractivity contribution is 7.92. The Kier molecular flexibility index (Phi) is 7.29. The number of ether oxygens (including phenoxy) is 2. The Bertz CT molecular complexity index is 993. The SMILES string of the molecule is COc1ccc(S(=O)(=O)Nc2cccc(COCC(F)(F)F)c2)cc1N1CCNCC1. The fourth-order valence-corrected chi connectivity index (χ4v) is 4.28. The molecule has 1 fully saturated rings. The van der Waals surface area contributed by atoms with Gasteiger partial charge >= 0.3 is 6.18 Å². The van der Waals surface area contributed by atoms with E-state index in [1.165, 1.54) is 25.3 Å². The molecule has 0 spiro atoms. The van der Waals surface area contributed by atoms with Crippen molar-refractivity contribution in [3.63, 3.8) is 0 Å². The van der Waals surface area contributed by atoms with Crippen molar-refractivity contribution in [2.45, 2.75) is 17.7 Å². The van der Waals surface area contributed by atoms with Gasteiger partial charge in [0.2, 0.25) is 0 Å². The van der Waals surface area contributed by atoms with Gasteiger partial charge in [-0.25, -0.2) is 8.42 Å². The van der Waals surface area contributed by atoms with E-state index in [2.05, 4.69) is 14.8 Å². The summed E-state index contributed by atoms with van der Waals surface area (Å²) in [7, 11) is -2.40. The number of nitrogens with zero attached hydrogens (tertiary/aromatic N) is 1. The van der Waals surface area contributed by atoms with E-state index in [1.54, 1.807) is 24.3 Å². The number of sulfonamides is 1. The van der Waals surface area contributed by atoms with E-state index in [4.69, 9.17) is 4.74 Å². The molecule has 0 unspecified atom stereocenters. The number of alkyl halides is 3. The number of methoxy groups -OCH3 is 1. The molecule has 0 aromatic heterocycles. The molecule has 0 bridgehead atoms. The molecule has 0 amide bonds. The summed E-state index contributed by atoms with van der Waals surface area (Å²) >= 11 is 0. The third-order valence-electron chi connectivity index (χ3n) is 4.63. The summed E-state index contributed by atoms with van der Waals surface area (Å²) in [6, 6.07) is 10.7. The van der Waals surface area contributed by atoms with Crippen molar-refractivity contribution >= 4 is 21.4 Å². The Morgan fingerprint density at radius 2 is 1.87 bits per heavy atom. The van der Waals surface area contributed by atoms with Gasteiger partial charge in [-0.2, -0.15) is 13.2 Å². The molecule has 1 aliphatic heterocycles. The van der Waals surface area contributed by atoms with Gasteiger partial charge < -0.3 is 19.7 Å². The van der Waals surface area contributed by atoms with Crippen molar-refractivity contribution in [1.29, 1.82) is 0 Å². The minimum absolute atomic E-state index is 0.0561. The zero-order valence-electron chi connectivity index (χ0n) is 16.9. The van der Waals surface area contributed by atoms with Gasteiger partial charge in [0.25, 0.3) is 10.0 Å². The van der Waals surface area contributed by atoms with Gasteiger partial charge in [-0.3, -0.25) is 4.72 Å². The molecule has 0 aliphatic carbocycles. The molecule has 7 nitrogen and oxygen atoms in total. The van der Waals surface area contributed by atoms with Crippen LogP contribution in [-0.2, 0) is 21.4 Å². The second kappa shape index (κ2) is 9.75. The standard InChI is InChI=1S/C20H24F3N3O4S/c1-29-19-6-5-17(12-18(19)26-9-7-24-8-10-26)31(27,28)25-16-4-2-3-15(11-16)13-30-14-20(21,22)23/h2-6,11-12,24-25H,7-10,13-14H2,1H3. The van der Waals surface area contributed by atoms with E-state index in [1.807, 2.05) is 4.90 Å². The molecule has 2 aromatic rings. The molecule has 1 aliphatic rings. The first-order chi connectivity index (χ1) is 14.7. The van der Waals surface area contributed by atoms with Crippen LogP contribution in [0.4, 0.5) is 24.5 Å². The zero-order chi connectivity index (χ0) is 22.5. The summed E-state index contributed by atoms with van der Waals surface area (Å²) < 4.78 is 75.1. The summed E-state index contributed by atoms with van der Waals surface area (Å²) in [5, 5.41) is 3.24. The molecular weight excluding hydrogens is 435 g/mol. The maximum absolute atomic E-state index is 12.9. The molecule has 1 saturated heterocycles. The predicted octanol–water partition coefficient (Wildman–Crippen LogP) is 2.98. The third-order valence-corrected chi connectivity index (χ3v) is 6.01. The van der Waals surface area contributed by atoms with Gasteiger partial charge in [0.1, 0.15) is 12.4 Å². The Morgan fingerprint density at radius 3 is 2.55 bits per heavy atom. The number of halogens is 3. The first-order valence-corrected chi connectivity index (χ1v) is 11.1. The second-order valence-corrected chi connectivity index (χ2v) is 8.67. The largest absolute Gasteiger partial charge is 0.495 e. The molecule has 2 aromatic carbocycles. The fraction of sp³-hybridized carbons (Fsp3) is 0.400. The minimum atomic E-state index is -4.42. The summed E-state index contributed by atoms with van der Waals surface area (Å²) in [5.41, 5.74) is 1.33. The number of hydrogen-bond donors (Lipinski definition) is 2. The topological polar surface area (TPSA) is 79.9 Å². The van der Waals surface area contributed by atoms with E-state index in [-0.39, 0.29) is 17.2 Å². The molecule has 31 heavy (non-hydrogen) atoms. The van der Waals surface area contributed by atoms with Gasteiger partial charge in [-0.05, 0) is 35.9 Å². The molecule has 170 valence electrons. The van der Waals surface area contributed by atoms with E-state index in [9.17, 15) is 21.6 Å². The van der Waals surface area contributed by atoms with Crippen LogP contribution < -0.4 is 19.7 Å². The lowest BCUT2D eigenvalue weighted by Gasteiger charge is -2.30. The van der Waals surface area contributed by atoms with Crippen molar-refractivity contribution in [3.05, 3.63) is 48.0 Å². The van der Waals surface area contributed by atoms with E-state index < -0.39 is 22.8 Å². The maximum atomic E-state index is 12.9. The fourth-order valence-electron chi connectivity index (χ4n) is 3.21. The van der Waals surface area contributed by atoms with Gasteiger partial charge in [0, 0.05) is 31.9 Å². The highest BCUT2D eigenvalue weighted by atomic mass is 32.2. The number of nitrogens with one attached hydrogen (secondary N) is 2. The summed E-state index contributed by atoms with van der Waals surface area (Å²) in [6.45, 7) is 1.33. The quantitative estimate of drug-likeness (QED) is 0.632. The average Bonchev–Trinajstić information content (AvgIpc) is 2.73. The van der Waals surface area contributed by atoms with Crippen LogP contribution in [-0.4, -0.2) is 54.5 Å². The molecule has 1 heterocycles. The Labute approximate surface area is 179 Å². The lowest BCUT2D eigenvalue weighted by Crippen LogP contribution is -2.43. The monoisotopic (exact) mass is 459 g/mol. The molecule has 0 saturated carbocycles. The van der Waals surface area contributed by atoms with Crippen molar-refractivity contribution in [2.75, 3.05) is 49.5 Å². The maximum Gasteiger partial charge on any atom is 0.411 e. The van der Waals surface area contributed by atoms with Crippen molar-refractivity contribution < 1.29 is 31.1 Å². The molecule has 0 atom stereocenters. The minimum Gasteiger partial charge on any atom is -0.495 e. The lowest BCUT2D eigenvalue weighted by atomic mass is 10.2. The normalized spacial score (nSPS) is 15.0. The number of benzene rings is 2. The first-order valence-electron chi connectivity index (χ1n) is 9.58. The van der Waals surface area contributed by atoms with Crippen LogP contribution in [0.5, 0.6) is 5.75 Å². The van der Waals surface area contributed by atoms with Crippen molar-refractivity contribution in [1.82, 2.24) is 5.32 Å². The van der Waals surface area contributed by atoms with Crippen molar-refractivity contribution in [3.8, 4) is 5.75 Å². The van der Waals surface area contributed by atoms with Gasteiger partial charge in [0.15, 0.2) is 0 Å². The second-order valence-electron chi connectivity index (χ2n) is 6.98. The van der Waals surface area contributed by atoms with E-state index in [0.717, 1.165) is 13.1 Å². The molecule has 0 radical (unpaired) electrons. The highest BCUT2D eigenvalue weighted by Crippen LogP contribution is 2.32. The Morgan fingerprint density at radius 1 is 1.13 bits per heavy atom.